The summed E-state index contributed by atoms with van der Waals surface area (Å²) in [6.45, 7) is 4.83. The van der Waals surface area contributed by atoms with Crippen molar-refractivity contribution in [3.63, 3.8) is 0 Å². The zero-order valence-electron chi connectivity index (χ0n) is 11.0. The van der Waals surface area contributed by atoms with Gasteiger partial charge in [-0.2, -0.15) is 0 Å². The van der Waals surface area contributed by atoms with E-state index in [1.165, 1.54) is 42.5 Å². The summed E-state index contributed by atoms with van der Waals surface area (Å²) in [5.41, 5.74) is 2.01. The molecular weight excluding hydrogens is 288 g/mol. The molecule has 1 N–H and O–H groups in total. The first-order valence-corrected chi connectivity index (χ1v) is 7.64. The largest absolute Gasteiger partial charge is 0.316 e. The van der Waals surface area contributed by atoms with Crippen LogP contribution in [0, 0.1) is 5.41 Å². The molecule has 18 heavy (non-hydrogen) atoms. The minimum atomic E-state index is 0.508. The van der Waals surface area contributed by atoms with Crippen molar-refractivity contribution in [1.82, 2.24) is 10.2 Å². The third kappa shape index (κ3) is 2.24. The number of likely N-dealkylation sites (tertiary alicyclic amines) is 1. The fourth-order valence-corrected chi connectivity index (χ4v) is 4.00. The van der Waals surface area contributed by atoms with Gasteiger partial charge in [-0.25, -0.2) is 0 Å². The van der Waals surface area contributed by atoms with E-state index in [0.717, 1.165) is 6.54 Å². The maximum absolute atomic E-state index is 3.58. The summed E-state index contributed by atoms with van der Waals surface area (Å²) in [5, 5.41) is 3.58. The number of hydrogen-bond donors (Lipinski definition) is 1. The summed E-state index contributed by atoms with van der Waals surface area (Å²) in [6, 6.07) is 8.94. The van der Waals surface area contributed by atoms with Gasteiger partial charge in [0.25, 0.3) is 0 Å². The maximum atomic E-state index is 3.58. The van der Waals surface area contributed by atoms with Gasteiger partial charge in [0.2, 0.25) is 0 Å². The van der Waals surface area contributed by atoms with Gasteiger partial charge in [0.15, 0.2) is 0 Å². The molecule has 2 saturated heterocycles. The molecule has 2 unspecified atom stereocenters. The van der Waals surface area contributed by atoms with E-state index in [1.54, 1.807) is 0 Å². The molecule has 2 aliphatic rings. The lowest BCUT2D eigenvalue weighted by Crippen LogP contribution is -2.45. The van der Waals surface area contributed by atoms with E-state index in [-0.39, 0.29) is 0 Å². The van der Waals surface area contributed by atoms with E-state index >= 15 is 0 Å². The van der Waals surface area contributed by atoms with Crippen molar-refractivity contribution in [2.24, 2.45) is 5.41 Å². The molecule has 2 atom stereocenters. The van der Waals surface area contributed by atoms with Crippen molar-refractivity contribution in [1.29, 1.82) is 0 Å². The van der Waals surface area contributed by atoms with Gasteiger partial charge < -0.3 is 10.2 Å². The first-order chi connectivity index (χ1) is 8.70. The summed E-state index contributed by atoms with van der Waals surface area (Å²) in [7, 11) is 2.26. The molecule has 0 saturated carbocycles. The van der Waals surface area contributed by atoms with Gasteiger partial charge in [0, 0.05) is 23.5 Å². The molecule has 2 heterocycles. The van der Waals surface area contributed by atoms with Crippen LogP contribution in [0.5, 0.6) is 0 Å². The van der Waals surface area contributed by atoms with E-state index in [2.05, 4.69) is 57.5 Å². The zero-order chi connectivity index (χ0) is 12.6. The second-order valence-electron chi connectivity index (χ2n) is 5.91. The minimum absolute atomic E-state index is 0.508. The van der Waals surface area contributed by atoms with Crippen molar-refractivity contribution < 1.29 is 0 Å². The molecule has 2 fully saturated rings. The summed E-state index contributed by atoms with van der Waals surface area (Å²) in [6.07, 6.45) is 2.67. The molecule has 0 aromatic heterocycles. The van der Waals surface area contributed by atoms with Crippen molar-refractivity contribution in [3.05, 3.63) is 34.3 Å². The van der Waals surface area contributed by atoms with Crippen LogP contribution in [0.1, 0.15) is 24.3 Å². The number of hydrogen-bond acceptors (Lipinski definition) is 2. The highest BCUT2D eigenvalue weighted by atomic mass is 79.9. The topological polar surface area (TPSA) is 15.3 Å². The Kier molecular flexibility index (Phi) is 3.48. The van der Waals surface area contributed by atoms with Crippen molar-refractivity contribution in [2.45, 2.75) is 18.8 Å². The molecule has 2 aliphatic heterocycles. The lowest BCUT2D eigenvalue weighted by molar-refractivity contribution is 0.170. The van der Waals surface area contributed by atoms with Gasteiger partial charge in [-0.15, -0.1) is 0 Å². The van der Waals surface area contributed by atoms with E-state index in [4.69, 9.17) is 0 Å². The quantitative estimate of drug-likeness (QED) is 0.858. The number of piperidine rings is 1. The van der Waals surface area contributed by atoms with Crippen LogP contribution in [0.15, 0.2) is 28.7 Å². The van der Waals surface area contributed by atoms with E-state index in [0.29, 0.717) is 11.3 Å². The highest BCUT2D eigenvalue weighted by molar-refractivity contribution is 9.10. The smallest absolute Gasteiger partial charge is 0.0175 e. The Morgan fingerprint density at radius 3 is 2.72 bits per heavy atom. The van der Waals surface area contributed by atoms with Gasteiger partial charge >= 0.3 is 0 Å². The normalized spacial score (nSPS) is 33.1. The van der Waals surface area contributed by atoms with E-state index in [9.17, 15) is 0 Å². The summed E-state index contributed by atoms with van der Waals surface area (Å²) >= 11 is 3.53. The summed E-state index contributed by atoms with van der Waals surface area (Å²) in [4.78, 5) is 2.50. The van der Waals surface area contributed by atoms with Crippen LogP contribution in [-0.2, 0) is 0 Å². The Hall–Kier alpha value is -0.380. The Morgan fingerprint density at radius 1 is 1.28 bits per heavy atom. The standard InChI is InChI=1S/C15H21BrN2/c1-18-9-7-15(11-18)6-8-17-10-14(15)12-2-4-13(16)5-3-12/h2-5,14,17H,6-11H2,1H3. The van der Waals surface area contributed by atoms with Gasteiger partial charge in [0.05, 0.1) is 0 Å². The first kappa shape index (κ1) is 12.6. The van der Waals surface area contributed by atoms with Gasteiger partial charge in [-0.05, 0) is 56.1 Å². The van der Waals surface area contributed by atoms with Crippen LogP contribution in [-0.4, -0.2) is 38.1 Å². The van der Waals surface area contributed by atoms with Gasteiger partial charge in [-0.1, -0.05) is 28.1 Å². The third-order valence-electron chi connectivity index (χ3n) is 4.74. The van der Waals surface area contributed by atoms with Crippen LogP contribution in [0.4, 0.5) is 0 Å². The molecule has 0 amide bonds. The maximum Gasteiger partial charge on any atom is 0.0175 e. The molecule has 98 valence electrons. The molecule has 1 spiro atoms. The van der Waals surface area contributed by atoms with Gasteiger partial charge in [-0.3, -0.25) is 0 Å². The molecule has 1 aromatic rings. The number of nitrogens with one attached hydrogen (secondary N) is 1. The number of nitrogens with zero attached hydrogens (tertiary/aromatic N) is 1. The molecule has 0 aliphatic carbocycles. The summed E-state index contributed by atoms with van der Waals surface area (Å²) in [5.74, 6) is 0.671. The number of rotatable bonds is 1. The van der Waals surface area contributed by atoms with Gasteiger partial charge in [0.1, 0.15) is 0 Å². The fraction of sp³-hybridized carbons (Fsp3) is 0.600. The van der Waals surface area contributed by atoms with Crippen LogP contribution in [0.2, 0.25) is 0 Å². The number of halogens is 1. The molecule has 1 aromatic carbocycles. The second-order valence-corrected chi connectivity index (χ2v) is 6.82. The average Bonchev–Trinajstić information content (AvgIpc) is 2.73. The van der Waals surface area contributed by atoms with E-state index in [1.807, 2.05) is 0 Å². The summed E-state index contributed by atoms with van der Waals surface area (Å²) < 4.78 is 1.17. The lowest BCUT2D eigenvalue weighted by atomic mass is 9.67. The molecule has 2 nitrogen and oxygen atoms in total. The predicted molar refractivity (Wildman–Crippen MR) is 78.9 cm³/mol. The third-order valence-corrected chi connectivity index (χ3v) is 5.26. The molecule has 3 heteroatoms. The Morgan fingerprint density at radius 2 is 2.06 bits per heavy atom. The minimum Gasteiger partial charge on any atom is -0.316 e. The number of benzene rings is 1. The highest BCUT2D eigenvalue weighted by Gasteiger charge is 2.45. The molecular formula is C15H21BrN2. The average molecular weight is 309 g/mol. The monoisotopic (exact) mass is 308 g/mol. The van der Waals surface area contributed by atoms with Crippen LogP contribution < -0.4 is 5.32 Å². The molecule has 0 bridgehead atoms. The van der Waals surface area contributed by atoms with Crippen LogP contribution >= 0.6 is 15.9 Å². The first-order valence-electron chi connectivity index (χ1n) is 6.84. The fourth-order valence-electron chi connectivity index (χ4n) is 3.74. The lowest BCUT2D eigenvalue weighted by Gasteiger charge is -2.42. The molecule has 3 rings (SSSR count). The van der Waals surface area contributed by atoms with Crippen LogP contribution in [0.25, 0.3) is 0 Å². The van der Waals surface area contributed by atoms with Crippen LogP contribution in [0.3, 0.4) is 0 Å². The second kappa shape index (κ2) is 4.95. The van der Waals surface area contributed by atoms with Crippen molar-refractivity contribution >= 4 is 15.9 Å². The van der Waals surface area contributed by atoms with Crippen molar-refractivity contribution in [2.75, 3.05) is 33.2 Å². The highest BCUT2D eigenvalue weighted by Crippen LogP contribution is 2.47. The Bertz CT molecular complexity index is 413. The SMILES string of the molecule is CN1CCC2(CCNCC2c2ccc(Br)cc2)C1. The van der Waals surface area contributed by atoms with Crippen molar-refractivity contribution in [3.8, 4) is 0 Å². The Balaban J connectivity index is 1.90. The van der Waals surface area contributed by atoms with E-state index < -0.39 is 0 Å². The molecule has 0 radical (unpaired) electrons. The zero-order valence-corrected chi connectivity index (χ0v) is 12.5. The predicted octanol–water partition coefficient (Wildman–Crippen LogP) is 2.85. The Labute approximate surface area is 118 Å².